The van der Waals surface area contributed by atoms with E-state index in [-0.39, 0.29) is 0 Å². The van der Waals surface area contributed by atoms with Gasteiger partial charge in [0.25, 0.3) is 0 Å². The zero-order valence-corrected chi connectivity index (χ0v) is 10.0. The molecule has 0 saturated carbocycles. The zero-order valence-electron chi connectivity index (χ0n) is 7.89. The Bertz CT molecular complexity index is 304. The summed E-state index contributed by atoms with van der Waals surface area (Å²) in [6.07, 6.45) is 0. The Morgan fingerprint density at radius 2 is 2.15 bits per heavy atom. The fourth-order valence-electron chi connectivity index (χ4n) is 0.976. The lowest BCUT2D eigenvalue weighted by atomic mass is 10.4. The van der Waals surface area contributed by atoms with E-state index in [9.17, 15) is 0 Å². The number of hydrogen-bond donors (Lipinski definition) is 1. The number of anilines is 1. The third-order valence-electron chi connectivity index (χ3n) is 1.57. The smallest absolute Gasteiger partial charge is 0.156 e. The van der Waals surface area contributed by atoms with Crippen molar-refractivity contribution in [3.63, 3.8) is 0 Å². The Morgan fingerprint density at radius 1 is 1.46 bits per heavy atom. The second-order valence-electron chi connectivity index (χ2n) is 2.57. The molecule has 0 unspecified atom stereocenters. The van der Waals surface area contributed by atoms with Crippen molar-refractivity contribution >= 4 is 28.4 Å². The first kappa shape index (κ1) is 10.6. The van der Waals surface area contributed by atoms with Gasteiger partial charge in [0.15, 0.2) is 5.82 Å². The summed E-state index contributed by atoms with van der Waals surface area (Å²) in [5.74, 6) is 1.57. The van der Waals surface area contributed by atoms with Crippen molar-refractivity contribution in [2.24, 2.45) is 0 Å². The number of aryl methyl sites for hydroxylation is 1. The average molecular weight is 293 g/mol. The molecular weight excluding hydrogens is 281 g/mol. The molecule has 0 radical (unpaired) electrons. The van der Waals surface area contributed by atoms with Gasteiger partial charge < -0.3 is 10.1 Å². The Kier molecular flexibility index (Phi) is 3.86. The van der Waals surface area contributed by atoms with Crippen molar-refractivity contribution in [2.45, 2.75) is 13.5 Å². The highest BCUT2D eigenvalue weighted by molar-refractivity contribution is 14.1. The summed E-state index contributed by atoms with van der Waals surface area (Å²) in [4.78, 5) is 8.57. The number of rotatable bonds is 3. The SMILES string of the molecule is CNc1nc(COC)nc(C)c1I. The first-order valence-electron chi connectivity index (χ1n) is 3.88. The first-order chi connectivity index (χ1) is 6.19. The van der Waals surface area contributed by atoms with Crippen LogP contribution >= 0.6 is 22.6 Å². The van der Waals surface area contributed by atoms with Gasteiger partial charge in [0.1, 0.15) is 12.4 Å². The van der Waals surface area contributed by atoms with Gasteiger partial charge in [-0.15, -0.1) is 0 Å². The van der Waals surface area contributed by atoms with Crippen molar-refractivity contribution in [3.05, 3.63) is 15.1 Å². The molecule has 72 valence electrons. The van der Waals surface area contributed by atoms with Crippen LogP contribution in [0, 0.1) is 10.5 Å². The van der Waals surface area contributed by atoms with Gasteiger partial charge in [-0.1, -0.05) is 0 Å². The molecule has 1 N–H and O–H groups in total. The molecule has 0 saturated heterocycles. The molecule has 0 spiro atoms. The normalized spacial score (nSPS) is 10.2. The molecule has 0 aliphatic heterocycles. The van der Waals surface area contributed by atoms with Crippen LogP contribution in [0.2, 0.25) is 0 Å². The van der Waals surface area contributed by atoms with Crippen LogP contribution in [0.5, 0.6) is 0 Å². The monoisotopic (exact) mass is 293 g/mol. The van der Waals surface area contributed by atoms with Crippen LogP contribution in [0.1, 0.15) is 11.5 Å². The van der Waals surface area contributed by atoms with E-state index in [4.69, 9.17) is 4.74 Å². The zero-order chi connectivity index (χ0) is 9.84. The molecule has 0 atom stereocenters. The Labute approximate surface area is 91.3 Å². The van der Waals surface area contributed by atoms with Gasteiger partial charge in [0, 0.05) is 14.2 Å². The minimum Gasteiger partial charge on any atom is -0.377 e. The maximum Gasteiger partial charge on any atom is 0.156 e. The fourth-order valence-corrected chi connectivity index (χ4v) is 1.49. The predicted octanol–water partition coefficient (Wildman–Crippen LogP) is 1.58. The van der Waals surface area contributed by atoms with Crippen LogP contribution in [0.15, 0.2) is 0 Å². The predicted molar refractivity (Wildman–Crippen MR) is 59.7 cm³/mol. The molecule has 1 aromatic rings. The number of nitrogens with one attached hydrogen (secondary N) is 1. The summed E-state index contributed by atoms with van der Waals surface area (Å²) >= 11 is 2.22. The summed E-state index contributed by atoms with van der Waals surface area (Å²) in [6.45, 7) is 2.41. The molecule has 0 fully saturated rings. The second-order valence-corrected chi connectivity index (χ2v) is 3.65. The third kappa shape index (κ3) is 2.50. The van der Waals surface area contributed by atoms with Gasteiger partial charge in [-0.3, -0.25) is 0 Å². The molecule has 0 amide bonds. The van der Waals surface area contributed by atoms with Gasteiger partial charge in [0.2, 0.25) is 0 Å². The molecule has 4 nitrogen and oxygen atoms in total. The van der Waals surface area contributed by atoms with E-state index in [1.165, 1.54) is 0 Å². The van der Waals surface area contributed by atoms with E-state index in [0.717, 1.165) is 15.1 Å². The molecule has 1 aromatic heterocycles. The van der Waals surface area contributed by atoms with Crippen LogP contribution in [0.3, 0.4) is 0 Å². The summed E-state index contributed by atoms with van der Waals surface area (Å²) < 4.78 is 6.02. The van der Waals surface area contributed by atoms with Crippen LogP contribution in [0.25, 0.3) is 0 Å². The number of nitrogens with zero attached hydrogens (tertiary/aromatic N) is 2. The first-order valence-corrected chi connectivity index (χ1v) is 4.96. The summed E-state index contributed by atoms with van der Waals surface area (Å²) in [5, 5.41) is 3.02. The summed E-state index contributed by atoms with van der Waals surface area (Å²) in [7, 11) is 3.48. The van der Waals surface area contributed by atoms with E-state index >= 15 is 0 Å². The van der Waals surface area contributed by atoms with Crippen LogP contribution in [0.4, 0.5) is 5.82 Å². The quantitative estimate of drug-likeness (QED) is 0.860. The Balaban J connectivity index is 3.06. The molecule has 1 heterocycles. The minimum absolute atomic E-state index is 0.451. The number of methoxy groups -OCH3 is 1. The molecular formula is C8H12IN3O. The molecule has 13 heavy (non-hydrogen) atoms. The number of aromatic nitrogens is 2. The van der Waals surface area contributed by atoms with E-state index < -0.39 is 0 Å². The van der Waals surface area contributed by atoms with Gasteiger partial charge >= 0.3 is 0 Å². The van der Waals surface area contributed by atoms with Crippen molar-refractivity contribution in [2.75, 3.05) is 19.5 Å². The largest absolute Gasteiger partial charge is 0.377 e. The maximum absolute atomic E-state index is 4.97. The van der Waals surface area contributed by atoms with Gasteiger partial charge in [-0.05, 0) is 29.5 Å². The van der Waals surface area contributed by atoms with Crippen LogP contribution in [-0.2, 0) is 11.3 Å². The van der Waals surface area contributed by atoms with E-state index in [2.05, 4.69) is 37.9 Å². The van der Waals surface area contributed by atoms with Gasteiger partial charge in [-0.2, -0.15) is 0 Å². The lowest BCUT2D eigenvalue weighted by molar-refractivity contribution is 0.177. The minimum atomic E-state index is 0.451. The average Bonchev–Trinajstić information content (AvgIpc) is 2.11. The second kappa shape index (κ2) is 4.71. The molecule has 0 bridgehead atoms. The lowest BCUT2D eigenvalue weighted by Crippen LogP contribution is -2.05. The van der Waals surface area contributed by atoms with E-state index in [0.29, 0.717) is 12.4 Å². The van der Waals surface area contributed by atoms with Crippen LogP contribution in [-0.4, -0.2) is 24.1 Å². The number of ether oxygens (including phenoxy) is 1. The molecule has 0 aromatic carbocycles. The Hall–Kier alpha value is -0.430. The van der Waals surface area contributed by atoms with Crippen molar-refractivity contribution in [3.8, 4) is 0 Å². The molecule has 0 aliphatic rings. The van der Waals surface area contributed by atoms with Crippen molar-refractivity contribution in [1.82, 2.24) is 9.97 Å². The highest BCUT2D eigenvalue weighted by atomic mass is 127. The summed E-state index contributed by atoms with van der Waals surface area (Å²) in [6, 6.07) is 0. The number of hydrogen-bond acceptors (Lipinski definition) is 4. The molecule has 5 heteroatoms. The van der Waals surface area contributed by atoms with Crippen molar-refractivity contribution < 1.29 is 4.74 Å². The van der Waals surface area contributed by atoms with E-state index in [1.54, 1.807) is 7.11 Å². The highest BCUT2D eigenvalue weighted by Gasteiger charge is 2.06. The van der Waals surface area contributed by atoms with E-state index in [1.807, 2.05) is 14.0 Å². The highest BCUT2D eigenvalue weighted by Crippen LogP contribution is 2.17. The lowest BCUT2D eigenvalue weighted by Gasteiger charge is -2.07. The van der Waals surface area contributed by atoms with Crippen molar-refractivity contribution in [1.29, 1.82) is 0 Å². The van der Waals surface area contributed by atoms with Crippen LogP contribution < -0.4 is 5.32 Å². The fraction of sp³-hybridized carbons (Fsp3) is 0.500. The molecule has 0 aliphatic carbocycles. The van der Waals surface area contributed by atoms with Gasteiger partial charge in [0.05, 0.1) is 9.26 Å². The Morgan fingerprint density at radius 3 is 2.69 bits per heavy atom. The number of halogens is 1. The molecule has 1 rings (SSSR count). The standard InChI is InChI=1S/C8H12IN3O/c1-5-7(9)8(10-2)12-6(11-5)4-13-3/h4H2,1-3H3,(H,10,11,12). The third-order valence-corrected chi connectivity index (χ3v) is 2.86. The topological polar surface area (TPSA) is 47.0 Å². The maximum atomic E-state index is 4.97. The summed E-state index contributed by atoms with van der Waals surface area (Å²) in [5.41, 5.74) is 0.979. The van der Waals surface area contributed by atoms with Gasteiger partial charge in [-0.25, -0.2) is 9.97 Å².